The lowest BCUT2D eigenvalue weighted by Crippen LogP contribution is -2.50. The maximum atomic E-state index is 11.2. The summed E-state index contributed by atoms with van der Waals surface area (Å²) in [6.07, 6.45) is 1.40. The minimum absolute atomic E-state index is 0.102. The van der Waals surface area contributed by atoms with Gasteiger partial charge in [-0.05, 0) is 32.1 Å². The molecule has 24 heavy (non-hydrogen) atoms. The number of halogens is 8. The Hall–Kier alpha value is 2.63. The molecule has 146 valence electrons. The van der Waals surface area contributed by atoms with E-state index in [9.17, 15) is 9.79 Å². The van der Waals surface area contributed by atoms with E-state index in [2.05, 4.69) is 0 Å². The second-order valence-corrected chi connectivity index (χ2v) is 12.0. The summed E-state index contributed by atoms with van der Waals surface area (Å²) in [5.41, 5.74) is -1.39. The van der Waals surface area contributed by atoms with Crippen LogP contribution in [-0.2, 0) is 4.52 Å². The first-order chi connectivity index (χ1) is 10.7. The molecule has 0 fully saturated rings. The van der Waals surface area contributed by atoms with Crippen LogP contribution in [0.5, 0.6) is 0 Å². The third-order valence-electron chi connectivity index (χ3n) is 3.31. The van der Waals surface area contributed by atoms with Gasteiger partial charge in [0.05, 0.1) is 10.8 Å². The molecule has 0 saturated heterocycles. The molecule has 0 saturated carbocycles. The highest BCUT2D eigenvalue weighted by atomic mass is 35.6. The van der Waals surface area contributed by atoms with Crippen LogP contribution in [0.2, 0.25) is 0 Å². The highest BCUT2D eigenvalue weighted by Crippen LogP contribution is 2.46. The van der Waals surface area contributed by atoms with E-state index in [1.54, 1.807) is 0 Å². The van der Waals surface area contributed by atoms with Gasteiger partial charge >= 0.3 is 0 Å². The minimum Gasteiger partial charge on any atom is -0.820 e. The Morgan fingerprint density at radius 3 is 1.46 bits per heavy atom. The van der Waals surface area contributed by atoms with E-state index in [1.807, 2.05) is 6.92 Å². The molecular weight excluding hydrogens is 507 g/mol. The number of hydrogen-bond acceptors (Lipinski definition) is 3. The van der Waals surface area contributed by atoms with Crippen LogP contribution in [0.1, 0.15) is 45.4 Å². The van der Waals surface area contributed by atoms with Crippen LogP contribution in [0.4, 0.5) is 0 Å². The molecule has 0 rings (SSSR count). The zero-order valence-electron chi connectivity index (χ0n) is 12.6. The predicted octanol–water partition coefficient (Wildman–Crippen LogP) is 6.01. The fraction of sp³-hybridized carbons (Fsp3) is 1.00. The van der Waals surface area contributed by atoms with E-state index in [0.717, 1.165) is 0 Å². The third kappa shape index (κ3) is 10.8. The topological polar surface area (TPSA) is 55.3 Å². The Labute approximate surface area is 184 Å². The van der Waals surface area contributed by atoms with Crippen LogP contribution >= 0.6 is 101 Å². The summed E-state index contributed by atoms with van der Waals surface area (Å²) in [4.78, 5) is 22.5. The highest BCUT2D eigenvalue weighted by Gasteiger charge is 2.45. The van der Waals surface area contributed by atoms with Crippen LogP contribution in [0.15, 0.2) is 0 Å². The summed E-state index contributed by atoms with van der Waals surface area (Å²) in [5, 5.41) is -1.64. The van der Waals surface area contributed by atoms with Crippen molar-refractivity contribution in [2.45, 2.75) is 69.4 Å². The van der Waals surface area contributed by atoms with Gasteiger partial charge in [-0.15, -0.1) is 23.2 Å². The van der Waals surface area contributed by atoms with Crippen molar-refractivity contribution in [3.8, 4) is 0 Å². The largest absolute Gasteiger partial charge is 0.820 e. The lowest BCUT2D eigenvalue weighted by Gasteiger charge is -2.48. The Bertz CT molecular complexity index is 337. The molecule has 0 radical (unpaired) electrons. The van der Waals surface area contributed by atoms with Crippen LogP contribution in [0.25, 0.3) is 0 Å². The highest BCUT2D eigenvalue weighted by molar-refractivity contribution is 7.36. The molecule has 3 nitrogen and oxygen atoms in total. The number of rotatable bonds is 10. The first kappa shape index (κ1) is 26.6. The van der Waals surface area contributed by atoms with Crippen LogP contribution in [0.3, 0.4) is 0 Å². The summed E-state index contributed by atoms with van der Waals surface area (Å²) in [6, 6.07) is 0. The molecule has 0 bridgehead atoms. The summed E-state index contributed by atoms with van der Waals surface area (Å²) in [5.74, 6) is 0. The van der Waals surface area contributed by atoms with Gasteiger partial charge in [0.15, 0.2) is 7.59 Å². The summed E-state index contributed by atoms with van der Waals surface area (Å²) in [7, 11) is -3.21. The quantitative estimate of drug-likeness (QED) is 0.260. The molecule has 2 atom stereocenters. The van der Waals surface area contributed by atoms with Gasteiger partial charge in [0.25, 0.3) is 0 Å². The Morgan fingerprint density at radius 1 is 0.833 bits per heavy atom. The molecule has 0 aliphatic heterocycles. The van der Waals surface area contributed by atoms with Gasteiger partial charge in [-0.2, -0.15) is 8.60 Å². The molecule has 0 spiro atoms. The van der Waals surface area contributed by atoms with E-state index in [-0.39, 0.29) is 32.1 Å². The van der Waals surface area contributed by atoms with Gasteiger partial charge < -0.3 is 14.3 Å². The maximum Gasteiger partial charge on any atom is 0.190 e. The molecule has 0 aromatic heterocycles. The van der Waals surface area contributed by atoms with Crippen LogP contribution in [-0.4, -0.2) is 23.9 Å². The van der Waals surface area contributed by atoms with Gasteiger partial charge in [-0.25, -0.2) is 0 Å². The minimum atomic E-state index is -3.21. The maximum absolute atomic E-state index is 11.2. The molecule has 12 heteroatoms. The Balaban J connectivity index is 5.36. The van der Waals surface area contributed by atoms with E-state index >= 15 is 0 Å². The Morgan fingerprint density at radius 2 is 1.21 bits per heavy atom. The molecule has 2 unspecified atom stereocenters. The second kappa shape index (κ2) is 11.6. The zero-order chi connectivity index (χ0) is 19.2. The molecule has 0 amide bonds. The fourth-order valence-corrected chi connectivity index (χ4v) is 4.56. The smallest absolute Gasteiger partial charge is 0.190 e. The third-order valence-corrected chi connectivity index (χ3v) is 6.11. The van der Waals surface area contributed by atoms with Crippen molar-refractivity contribution in [3.63, 3.8) is 0 Å². The average Bonchev–Trinajstić information content (AvgIpc) is 2.39. The van der Waals surface area contributed by atoms with E-state index < -0.39 is 32.5 Å². The zero-order valence-corrected chi connectivity index (χ0v) is 19.5. The molecule has 0 aromatic rings. The van der Waals surface area contributed by atoms with Gasteiger partial charge in [0, 0.05) is 0 Å². The molecule has 0 aliphatic carbocycles. The van der Waals surface area contributed by atoms with Crippen LogP contribution < -0.4 is 9.79 Å². The molecule has 0 aliphatic rings. The first-order valence-electron chi connectivity index (χ1n) is 6.98. The molecule has 0 N–H and O–H groups in total. The normalized spacial score (nSPS) is 18.5. The summed E-state index contributed by atoms with van der Waals surface area (Å²) in [6.45, 7) is 1.84. The van der Waals surface area contributed by atoms with Crippen LogP contribution in [0, 0.1) is 0 Å². The SMILES string of the molecule is CCCC(OP([O-])[O-])(C(Cl)CCC(Cl)(Cl)Cl)C(Cl)CCC(Cl)(Cl)Cl. The molecular formula is C12H17Cl8O3P-2. The summed E-state index contributed by atoms with van der Waals surface area (Å²) < 4.78 is 2.12. The molecule has 0 aromatic carbocycles. The van der Waals surface area contributed by atoms with Crippen molar-refractivity contribution in [2.24, 2.45) is 0 Å². The number of hydrogen-bond donors (Lipinski definition) is 0. The average molecular weight is 524 g/mol. The monoisotopic (exact) mass is 520 g/mol. The van der Waals surface area contributed by atoms with E-state index in [0.29, 0.717) is 6.42 Å². The number of alkyl halides is 8. The van der Waals surface area contributed by atoms with Gasteiger partial charge in [0.1, 0.15) is 5.60 Å². The van der Waals surface area contributed by atoms with Crippen molar-refractivity contribution in [3.05, 3.63) is 0 Å². The summed E-state index contributed by atoms with van der Waals surface area (Å²) >= 11 is 47.3. The molecule has 0 heterocycles. The van der Waals surface area contributed by atoms with Crippen molar-refractivity contribution < 1.29 is 14.3 Å². The van der Waals surface area contributed by atoms with E-state index in [1.165, 1.54) is 0 Å². The van der Waals surface area contributed by atoms with Crippen molar-refractivity contribution in [1.82, 2.24) is 0 Å². The van der Waals surface area contributed by atoms with Crippen molar-refractivity contribution in [1.29, 1.82) is 0 Å². The predicted molar refractivity (Wildman–Crippen MR) is 104 cm³/mol. The van der Waals surface area contributed by atoms with Crippen molar-refractivity contribution in [2.75, 3.05) is 0 Å². The standard InChI is InChI=1S/C12H17Cl8O3P/c1-2-5-10(23-24(21)22,8(13)3-6-11(15,16)17)9(14)4-7-12(18,19)20/h8-9H,2-7H2,1H3/q-2. The van der Waals surface area contributed by atoms with E-state index in [4.69, 9.17) is 97.3 Å². The lowest BCUT2D eigenvalue weighted by atomic mass is 9.86. The lowest BCUT2D eigenvalue weighted by molar-refractivity contribution is -0.326. The first-order valence-corrected chi connectivity index (χ1v) is 11.2. The van der Waals surface area contributed by atoms with Gasteiger partial charge in [-0.3, -0.25) is 0 Å². The van der Waals surface area contributed by atoms with Gasteiger partial charge in [-0.1, -0.05) is 83.0 Å². The Kier molecular flexibility index (Phi) is 12.9. The fourth-order valence-electron chi connectivity index (χ4n) is 2.27. The second-order valence-electron chi connectivity index (χ2n) is 5.26. The van der Waals surface area contributed by atoms with Crippen molar-refractivity contribution >= 4 is 101 Å². The van der Waals surface area contributed by atoms with Gasteiger partial charge in [0.2, 0.25) is 0 Å².